The minimum absolute atomic E-state index is 0.0990. The molecule has 0 heterocycles. The SMILES string of the molecule is Cc1cc(C)c(N(CCC(=O)Nc2ccc(F)cc2F)S(C)(=O)=O)c(C)c1. The number of anilines is 2. The first-order chi connectivity index (χ1) is 12.5. The van der Waals surface area contributed by atoms with Gasteiger partial charge in [-0.15, -0.1) is 0 Å². The van der Waals surface area contributed by atoms with Gasteiger partial charge in [-0.1, -0.05) is 17.7 Å². The lowest BCUT2D eigenvalue weighted by Crippen LogP contribution is -2.34. The van der Waals surface area contributed by atoms with Crippen LogP contribution in [-0.2, 0) is 14.8 Å². The lowest BCUT2D eigenvalue weighted by Gasteiger charge is -2.26. The third kappa shape index (κ3) is 5.26. The molecule has 1 N–H and O–H groups in total. The fourth-order valence-corrected chi connectivity index (χ4v) is 4.06. The molecule has 1 amide bonds. The number of benzene rings is 2. The van der Waals surface area contributed by atoms with E-state index in [1.54, 1.807) is 0 Å². The van der Waals surface area contributed by atoms with Gasteiger partial charge < -0.3 is 5.32 Å². The average Bonchev–Trinajstić information content (AvgIpc) is 2.51. The van der Waals surface area contributed by atoms with Crippen LogP contribution in [0, 0.1) is 32.4 Å². The fraction of sp³-hybridized carbons (Fsp3) is 0.316. The van der Waals surface area contributed by atoms with Crippen LogP contribution in [0.25, 0.3) is 0 Å². The number of halogens is 2. The zero-order valence-electron chi connectivity index (χ0n) is 15.6. The summed E-state index contributed by atoms with van der Waals surface area (Å²) in [6, 6.07) is 6.55. The number of nitrogens with zero attached hydrogens (tertiary/aromatic N) is 1. The van der Waals surface area contributed by atoms with Crippen LogP contribution in [0.1, 0.15) is 23.1 Å². The van der Waals surface area contributed by atoms with E-state index in [1.165, 1.54) is 4.31 Å². The molecule has 0 aromatic heterocycles. The van der Waals surface area contributed by atoms with Gasteiger partial charge in [0.2, 0.25) is 15.9 Å². The first kappa shape index (κ1) is 20.8. The minimum atomic E-state index is -3.63. The van der Waals surface area contributed by atoms with Crippen molar-refractivity contribution in [1.29, 1.82) is 0 Å². The Labute approximate surface area is 158 Å². The molecule has 2 rings (SSSR count). The van der Waals surface area contributed by atoms with E-state index in [-0.39, 0.29) is 18.7 Å². The summed E-state index contributed by atoms with van der Waals surface area (Å²) >= 11 is 0. The van der Waals surface area contributed by atoms with Crippen LogP contribution in [0.2, 0.25) is 0 Å². The van der Waals surface area contributed by atoms with Gasteiger partial charge in [0.15, 0.2) is 0 Å². The highest BCUT2D eigenvalue weighted by Crippen LogP contribution is 2.28. The molecule has 27 heavy (non-hydrogen) atoms. The molecule has 2 aromatic rings. The van der Waals surface area contributed by atoms with Crippen molar-refractivity contribution in [2.24, 2.45) is 0 Å². The summed E-state index contributed by atoms with van der Waals surface area (Å²) < 4.78 is 52.3. The van der Waals surface area contributed by atoms with E-state index in [0.29, 0.717) is 11.8 Å². The number of nitrogens with one attached hydrogen (secondary N) is 1. The van der Waals surface area contributed by atoms with Gasteiger partial charge in [0.1, 0.15) is 11.6 Å². The normalized spacial score (nSPS) is 11.3. The second-order valence-corrected chi connectivity index (χ2v) is 8.41. The van der Waals surface area contributed by atoms with Crippen LogP contribution < -0.4 is 9.62 Å². The zero-order chi connectivity index (χ0) is 20.4. The van der Waals surface area contributed by atoms with Gasteiger partial charge in [-0.25, -0.2) is 17.2 Å². The molecule has 2 aromatic carbocycles. The molecule has 0 aliphatic carbocycles. The highest BCUT2D eigenvalue weighted by molar-refractivity contribution is 7.92. The first-order valence-electron chi connectivity index (χ1n) is 8.29. The lowest BCUT2D eigenvalue weighted by molar-refractivity contribution is -0.116. The third-order valence-corrected chi connectivity index (χ3v) is 5.20. The van der Waals surface area contributed by atoms with Crippen molar-refractivity contribution in [1.82, 2.24) is 0 Å². The molecule has 0 fully saturated rings. The van der Waals surface area contributed by atoms with E-state index in [0.717, 1.165) is 35.1 Å². The van der Waals surface area contributed by atoms with Crippen molar-refractivity contribution in [3.8, 4) is 0 Å². The topological polar surface area (TPSA) is 66.5 Å². The number of amides is 1. The number of hydrogen-bond donors (Lipinski definition) is 1. The molecule has 0 spiro atoms. The second kappa shape index (κ2) is 8.04. The molecule has 5 nitrogen and oxygen atoms in total. The Morgan fingerprint density at radius 3 is 2.19 bits per heavy atom. The number of sulfonamides is 1. The maximum absolute atomic E-state index is 13.6. The highest BCUT2D eigenvalue weighted by Gasteiger charge is 2.22. The standard InChI is InChI=1S/C19H22F2N2O3S/c1-12-9-13(2)19(14(3)10-12)23(27(4,25)26)8-7-18(24)22-17-6-5-15(20)11-16(17)21/h5-6,9-11H,7-8H2,1-4H3,(H,22,24). The van der Waals surface area contributed by atoms with Gasteiger partial charge >= 0.3 is 0 Å². The monoisotopic (exact) mass is 396 g/mol. The van der Waals surface area contributed by atoms with E-state index in [2.05, 4.69) is 5.32 Å². The molecule has 0 unspecified atom stereocenters. The van der Waals surface area contributed by atoms with E-state index < -0.39 is 27.6 Å². The lowest BCUT2D eigenvalue weighted by atomic mass is 10.1. The zero-order valence-corrected chi connectivity index (χ0v) is 16.5. The van der Waals surface area contributed by atoms with E-state index in [1.807, 2.05) is 32.9 Å². The van der Waals surface area contributed by atoms with Crippen LogP contribution in [0.4, 0.5) is 20.2 Å². The largest absolute Gasteiger partial charge is 0.324 e. The summed E-state index contributed by atoms with van der Waals surface area (Å²) in [4.78, 5) is 12.1. The van der Waals surface area contributed by atoms with Crippen molar-refractivity contribution in [3.63, 3.8) is 0 Å². The Bertz CT molecular complexity index is 952. The molecule has 0 bridgehead atoms. The quantitative estimate of drug-likeness (QED) is 0.810. The number of carbonyl (C=O) groups is 1. The molecule has 0 radical (unpaired) electrons. The van der Waals surface area contributed by atoms with Crippen LogP contribution in [0.15, 0.2) is 30.3 Å². The molecule has 0 saturated heterocycles. The molecule has 8 heteroatoms. The molecular weight excluding hydrogens is 374 g/mol. The van der Waals surface area contributed by atoms with Gasteiger partial charge in [-0.2, -0.15) is 0 Å². The maximum Gasteiger partial charge on any atom is 0.232 e. The van der Waals surface area contributed by atoms with Crippen LogP contribution in [-0.4, -0.2) is 27.1 Å². The molecule has 0 aliphatic rings. The number of rotatable bonds is 6. The van der Waals surface area contributed by atoms with Gasteiger partial charge in [0.05, 0.1) is 17.6 Å². The summed E-state index contributed by atoms with van der Waals surface area (Å²) in [6.45, 7) is 5.43. The average molecular weight is 396 g/mol. The van der Waals surface area contributed by atoms with E-state index >= 15 is 0 Å². The number of hydrogen-bond acceptors (Lipinski definition) is 3. The van der Waals surface area contributed by atoms with Crippen molar-refractivity contribution in [3.05, 3.63) is 58.7 Å². The van der Waals surface area contributed by atoms with Gasteiger partial charge in [0.25, 0.3) is 0 Å². The smallest absolute Gasteiger partial charge is 0.232 e. The Morgan fingerprint density at radius 1 is 1.07 bits per heavy atom. The fourth-order valence-electron chi connectivity index (χ4n) is 3.02. The van der Waals surface area contributed by atoms with Crippen molar-refractivity contribution in [2.45, 2.75) is 27.2 Å². The summed E-state index contributed by atoms with van der Waals surface area (Å²) in [5.41, 5.74) is 2.94. The molecule has 0 atom stereocenters. The van der Waals surface area contributed by atoms with Gasteiger partial charge in [-0.3, -0.25) is 9.10 Å². The molecule has 0 aliphatic heterocycles. The first-order valence-corrected chi connectivity index (χ1v) is 10.1. The van der Waals surface area contributed by atoms with Gasteiger partial charge in [-0.05, 0) is 44.0 Å². The number of aryl methyl sites for hydroxylation is 3. The molecule has 146 valence electrons. The van der Waals surface area contributed by atoms with E-state index in [4.69, 9.17) is 0 Å². The predicted octanol–water partition coefficient (Wildman–Crippen LogP) is 3.68. The van der Waals surface area contributed by atoms with Crippen molar-refractivity contribution >= 4 is 27.3 Å². The Kier molecular flexibility index (Phi) is 6.20. The highest BCUT2D eigenvalue weighted by atomic mass is 32.2. The Hall–Kier alpha value is -2.48. The van der Waals surface area contributed by atoms with Crippen LogP contribution in [0.5, 0.6) is 0 Å². The summed E-state index contributed by atoms with van der Waals surface area (Å²) in [5.74, 6) is -2.22. The molecular formula is C19H22F2N2O3S. The van der Waals surface area contributed by atoms with Crippen LogP contribution in [0.3, 0.4) is 0 Å². The molecule has 0 saturated carbocycles. The summed E-state index contributed by atoms with van der Waals surface area (Å²) in [6.07, 6.45) is 0.889. The Balaban J connectivity index is 2.20. The summed E-state index contributed by atoms with van der Waals surface area (Å²) in [7, 11) is -3.63. The minimum Gasteiger partial charge on any atom is -0.324 e. The predicted molar refractivity (Wildman–Crippen MR) is 102 cm³/mol. The third-order valence-electron chi connectivity index (χ3n) is 4.03. The Morgan fingerprint density at radius 2 is 1.67 bits per heavy atom. The van der Waals surface area contributed by atoms with Crippen LogP contribution >= 0.6 is 0 Å². The van der Waals surface area contributed by atoms with Crippen molar-refractivity contribution < 1.29 is 22.0 Å². The van der Waals surface area contributed by atoms with E-state index in [9.17, 15) is 22.0 Å². The number of carbonyl (C=O) groups excluding carboxylic acids is 1. The van der Waals surface area contributed by atoms with Gasteiger partial charge in [0, 0.05) is 19.0 Å². The summed E-state index contributed by atoms with van der Waals surface area (Å²) in [5, 5.41) is 2.33. The van der Waals surface area contributed by atoms with Crippen molar-refractivity contribution in [2.75, 3.05) is 22.4 Å². The maximum atomic E-state index is 13.6. The second-order valence-electron chi connectivity index (χ2n) is 6.50.